The van der Waals surface area contributed by atoms with Crippen LogP contribution in [0, 0.1) is 0 Å². The largest absolute Gasteiger partial charge is 0.497 e. The molecule has 0 spiro atoms. The van der Waals surface area contributed by atoms with E-state index in [0.29, 0.717) is 5.25 Å². The fourth-order valence-corrected chi connectivity index (χ4v) is 2.02. The van der Waals surface area contributed by atoms with Crippen LogP contribution in [0.15, 0.2) is 18.3 Å². The van der Waals surface area contributed by atoms with E-state index >= 15 is 0 Å². The van der Waals surface area contributed by atoms with Crippen LogP contribution in [-0.4, -0.2) is 31.1 Å². The highest BCUT2D eigenvalue weighted by molar-refractivity contribution is 7.99. The summed E-state index contributed by atoms with van der Waals surface area (Å²) in [7, 11) is 3.39. The van der Waals surface area contributed by atoms with Crippen molar-refractivity contribution in [3.63, 3.8) is 0 Å². The van der Waals surface area contributed by atoms with E-state index in [4.69, 9.17) is 9.47 Å². The van der Waals surface area contributed by atoms with Gasteiger partial charge >= 0.3 is 0 Å². The number of pyridine rings is 1. The van der Waals surface area contributed by atoms with E-state index in [0.717, 1.165) is 23.8 Å². The third-order valence-corrected chi connectivity index (χ3v) is 3.11. The Morgan fingerprint density at radius 1 is 1.47 bits per heavy atom. The number of hydrogen-bond acceptors (Lipinski definition) is 4. The number of rotatable bonds is 6. The van der Waals surface area contributed by atoms with Gasteiger partial charge in [-0.05, 0) is 6.07 Å². The zero-order chi connectivity index (χ0) is 11.1. The quantitative estimate of drug-likeness (QED) is 0.746. The van der Waals surface area contributed by atoms with Crippen LogP contribution < -0.4 is 4.74 Å². The predicted molar refractivity (Wildman–Crippen MR) is 63.4 cm³/mol. The fraction of sp³-hybridized carbons (Fsp3) is 0.545. The van der Waals surface area contributed by atoms with Gasteiger partial charge in [-0.15, -0.1) is 0 Å². The second-order valence-electron chi connectivity index (χ2n) is 3.26. The normalized spacial score (nSPS) is 12.5. The number of methoxy groups -OCH3 is 2. The van der Waals surface area contributed by atoms with Crippen molar-refractivity contribution in [2.45, 2.75) is 17.9 Å². The lowest BCUT2D eigenvalue weighted by atomic mass is 10.3. The molecule has 0 aliphatic rings. The molecule has 1 atom stereocenters. The Kier molecular flexibility index (Phi) is 5.50. The summed E-state index contributed by atoms with van der Waals surface area (Å²) in [5.74, 6) is 1.75. The van der Waals surface area contributed by atoms with E-state index < -0.39 is 0 Å². The van der Waals surface area contributed by atoms with Gasteiger partial charge in [-0.25, -0.2) is 0 Å². The van der Waals surface area contributed by atoms with Crippen LogP contribution in [0.25, 0.3) is 0 Å². The lowest BCUT2D eigenvalue weighted by molar-refractivity contribution is 0.203. The molecular weight excluding hydrogens is 210 g/mol. The first-order valence-electron chi connectivity index (χ1n) is 4.85. The molecule has 84 valence electrons. The van der Waals surface area contributed by atoms with Gasteiger partial charge in [-0.2, -0.15) is 11.8 Å². The topological polar surface area (TPSA) is 31.4 Å². The second-order valence-corrected chi connectivity index (χ2v) is 4.69. The Labute approximate surface area is 95.2 Å². The van der Waals surface area contributed by atoms with Gasteiger partial charge in [0.2, 0.25) is 0 Å². The number of ether oxygens (including phenoxy) is 2. The summed E-state index contributed by atoms with van der Waals surface area (Å²) in [6, 6.07) is 3.82. The number of hydrogen-bond donors (Lipinski definition) is 0. The molecule has 0 aliphatic carbocycles. The summed E-state index contributed by atoms with van der Waals surface area (Å²) in [5.41, 5.74) is 1.04. The van der Waals surface area contributed by atoms with E-state index in [1.165, 1.54) is 0 Å². The third kappa shape index (κ3) is 4.53. The van der Waals surface area contributed by atoms with Crippen molar-refractivity contribution in [2.24, 2.45) is 0 Å². The molecule has 0 fully saturated rings. The molecule has 1 aromatic rings. The predicted octanol–water partition coefficient (Wildman–Crippen LogP) is 2.36. The molecule has 0 saturated heterocycles. The summed E-state index contributed by atoms with van der Waals surface area (Å²) >= 11 is 1.83. The van der Waals surface area contributed by atoms with Crippen LogP contribution in [-0.2, 0) is 10.5 Å². The van der Waals surface area contributed by atoms with Crippen molar-refractivity contribution in [3.8, 4) is 5.75 Å². The van der Waals surface area contributed by atoms with E-state index in [9.17, 15) is 0 Å². The molecule has 4 heteroatoms. The van der Waals surface area contributed by atoms with Crippen molar-refractivity contribution in [2.75, 3.05) is 20.8 Å². The van der Waals surface area contributed by atoms with Gasteiger partial charge in [0.25, 0.3) is 0 Å². The number of aromatic nitrogens is 1. The Morgan fingerprint density at radius 3 is 2.93 bits per heavy atom. The molecule has 1 heterocycles. The first kappa shape index (κ1) is 12.3. The Balaban J connectivity index is 2.43. The molecule has 1 aromatic heterocycles. The zero-order valence-electron chi connectivity index (χ0n) is 9.40. The van der Waals surface area contributed by atoms with Crippen LogP contribution in [0.3, 0.4) is 0 Å². The Hall–Kier alpha value is -0.740. The molecule has 0 saturated carbocycles. The first-order valence-corrected chi connectivity index (χ1v) is 5.90. The van der Waals surface area contributed by atoms with E-state index in [1.54, 1.807) is 20.4 Å². The fourth-order valence-electron chi connectivity index (χ4n) is 1.17. The number of nitrogens with zero attached hydrogens (tertiary/aromatic N) is 1. The molecule has 0 amide bonds. The monoisotopic (exact) mass is 227 g/mol. The molecule has 3 nitrogen and oxygen atoms in total. The first-order chi connectivity index (χ1) is 7.26. The summed E-state index contributed by atoms with van der Waals surface area (Å²) < 4.78 is 10.2. The van der Waals surface area contributed by atoms with Gasteiger partial charge in [0.15, 0.2) is 0 Å². The van der Waals surface area contributed by atoms with Crippen LogP contribution in [0.5, 0.6) is 5.75 Å². The zero-order valence-corrected chi connectivity index (χ0v) is 10.2. The van der Waals surface area contributed by atoms with Crippen molar-refractivity contribution in [3.05, 3.63) is 24.0 Å². The molecule has 0 N–H and O–H groups in total. The Bertz CT molecular complexity index is 294. The SMILES string of the molecule is COC[C@H](C)SCc1cc(OC)ccn1. The maximum absolute atomic E-state index is 5.14. The van der Waals surface area contributed by atoms with Gasteiger partial charge in [-0.3, -0.25) is 4.98 Å². The second kappa shape index (κ2) is 6.69. The van der Waals surface area contributed by atoms with Crippen LogP contribution >= 0.6 is 11.8 Å². The van der Waals surface area contributed by atoms with E-state index in [2.05, 4.69) is 11.9 Å². The highest BCUT2D eigenvalue weighted by atomic mass is 32.2. The van der Waals surface area contributed by atoms with Gasteiger partial charge in [0, 0.05) is 30.4 Å². The molecule has 0 radical (unpaired) electrons. The highest BCUT2D eigenvalue weighted by Crippen LogP contribution is 2.19. The Morgan fingerprint density at radius 2 is 2.27 bits per heavy atom. The molecular formula is C11H17NO2S. The van der Waals surface area contributed by atoms with Crippen molar-refractivity contribution >= 4 is 11.8 Å². The highest BCUT2D eigenvalue weighted by Gasteiger charge is 2.03. The molecule has 0 aliphatic heterocycles. The van der Waals surface area contributed by atoms with Crippen LogP contribution in [0.2, 0.25) is 0 Å². The maximum Gasteiger partial charge on any atom is 0.122 e. The third-order valence-electron chi connectivity index (χ3n) is 1.94. The summed E-state index contributed by atoms with van der Waals surface area (Å²) in [6.07, 6.45) is 1.77. The average molecular weight is 227 g/mol. The van der Waals surface area contributed by atoms with E-state index in [-0.39, 0.29) is 0 Å². The molecule has 0 aromatic carbocycles. The lowest BCUT2D eigenvalue weighted by Crippen LogP contribution is -2.05. The molecule has 0 bridgehead atoms. The van der Waals surface area contributed by atoms with Crippen molar-refractivity contribution < 1.29 is 9.47 Å². The van der Waals surface area contributed by atoms with Gasteiger partial charge < -0.3 is 9.47 Å². The lowest BCUT2D eigenvalue weighted by Gasteiger charge is -2.09. The summed E-state index contributed by atoms with van der Waals surface area (Å²) in [5, 5.41) is 0.489. The maximum atomic E-state index is 5.14. The van der Waals surface area contributed by atoms with E-state index in [1.807, 2.05) is 23.9 Å². The van der Waals surface area contributed by atoms with Crippen LogP contribution in [0.4, 0.5) is 0 Å². The minimum absolute atomic E-state index is 0.489. The molecule has 0 unspecified atom stereocenters. The minimum atomic E-state index is 0.489. The van der Waals surface area contributed by atoms with Gasteiger partial charge in [-0.1, -0.05) is 6.92 Å². The smallest absolute Gasteiger partial charge is 0.122 e. The number of thioether (sulfide) groups is 1. The van der Waals surface area contributed by atoms with Gasteiger partial charge in [0.05, 0.1) is 19.4 Å². The summed E-state index contributed by atoms with van der Waals surface area (Å²) in [4.78, 5) is 4.28. The van der Waals surface area contributed by atoms with Gasteiger partial charge in [0.1, 0.15) is 5.75 Å². The van der Waals surface area contributed by atoms with Crippen LogP contribution in [0.1, 0.15) is 12.6 Å². The minimum Gasteiger partial charge on any atom is -0.497 e. The summed E-state index contributed by atoms with van der Waals surface area (Å²) in [6.45, 7) is 2.92. The molecule has 15 heavy (non-hydrogen) atoms. The molecule has 1 rings (SSSR count). The van der Waals surface area contributed by atoms with Crippen molar-refractivity contribution in [1.82, 2.24) is 4.98 Å². The average Bonchev–Trinajstić information content (AvgIpc) is 2.27. The standard InChI is InChI=1S/C11H17NO2S/c1-9(7-13-2)15-8-10-6-11(14-3)4-5-12-10/h4-6,9H,7-8H2,1-3H3/t9-/m0/s1. The van der Waals surface area contributed by atoms with Crippen molar-refractivity contribution in [1.29, 1.82) is 0 Å².